The smallest absolute Gasteiger partial charge is 0.259 e. The molecule has 2 rings (SSSR count). The van der Waals surface area contributed by atoms with Crippen molar-refractivity contribution in [3.05, 3.63) is 22.2 Å². The van der Waals surface area contributed by atoms with Crippen LogP contribution in [0.3, 0.4) is 0 Å². The van der Waals surface area contributed by atoms with Crippen LogP contribution in [0.15, 0.2) is 16.1 Å². The first kappa shape index (κ1) is 10.9. The lowest BCUT2D eigenvalue weighted by molar-refractivity contribution is 0.377. The number of fused-ring (bicyclic) bond motifs is 1. The molecule has 0 saturated carbocycles. The van der Waals surface area contributed by atoms with E-state index in [1.165, 1.54) is 6.33 Å². The van der Waals surface area contributed by atoms with Crippen molar-refractivity contribution in [2.75, 3.05) is 0 Å². The summed E-state index contributed by atoms with van der Waals surface area (Å²) in [7, 11) is 0. The number of aliphatic imine (C=N–C) groups is 1. The molecule has 5 heteroatoms. The van der Waals surface area contributed by atoms with Crippen LogP contribution in [0.1, 0.15) is 39.2 Å². The van der Waals surface area contributed by atoms with Gasteiger partial charge in [0, 0.05) is 11.5 Å². The number of nitrogens with zero attached hydrogens (tertiary/aromatic N) is 3. The second kappa shape index (κ2) is 3.17. The molecule has 1 atom stereocenters. The van der Waals surface area contributed by atoms with Crippen LogP contribution in [0, 0.1) is 0 Å². The van der Waals surface area contributed by atoms with Crippen LogP contribution < -0.4 is 11.3 Å². The molecule has 0 bridgehead atoms. The zero-order valence-corrected chi connectivity index (χ0v) is 9.98. The topological polar surface area (TPSA) is 73.3 Å². The van der Waals surface area contributed by atoms with Gasteiger partial charge in [-0.1, -0.05) is 6.92 Å². The van der Waals surface area contributed by atoms with Crippen LogP contribution in [0.25, 0.3) is 0 Å². The summed E-state index contributed by atoms with van der Waals surface area (Å²) in [5.41, 5.74) is 6.00. The predicted molar refractivity (Wildman–Crippen MR) is 63.2 cm³/mol. The molecular weight excluding hydrogens is 204 g/mol. The number of nitrogens with two attached hydrogens (primary N) is 1. The van der Waals surface area contributed by atoms with E-state index in [4.69, 9.17) is 5.73 Å². The van der Waals surface area contributed by atoms with Crippen LogP contribution in [-0.2, 0) is 5.54 Å². The average molecular weight is 220 g/mol. The fraction of sp³-hybridized carbons (Fsp3) is 0.545. The van der Waals surface area contributed by atoms with Gasteiger partial charge in [-0.15, -0.1) is 0 Å². The number of hydrogen-bond donors (Lipinski definition) is 1. The monoisotopic (exact) mass is 220 g/mol. The molecule has 1 aliphatic rings. The molecule has 86 valence electrons. The summed E-state index contributed by atoms with van der Waals surface area (Å²) >= 11 is 0. The Labute approximate surface area is 94.0 Å². The maximum absolute atomic E-state index is 12.3. The molecule has 0 amide bonds. The third-order valence-corrected chi connectivity index (χ3v) is 2.82. The van der Waals surface area contributed by atoms with Crippen LogP contribution >= 0.6 is 0 Å². The quantitative estimate of drug-likeness (QED) is 0.711. The minimum Gasteiger partial charge on any atom is -0.387 e. The van der Waals surface area contributed by atoms with Gasteiger partial charge in [-0.2, -0.15) is 0 Å². The van der Waals surface area contributed by atoms with E-state index in [9.17, 15) is 4.79 Å². The van der Waals surface area contributed by atoms with Gasteiger partial charge in [0.2, 0.25) is 0 Å². The molecule has 1 aliphatic heterocycles. The third-order valence-electron chi connectivity index (χ3n) is 2.82. The molecule has 0 radical (unpaired) electrons. The zero-order valence-electron chi connectivity index (χ0n) is 9.98. The standard InChI is InChI=1S/C11H16N4O/c1-6-7-9(14-8(6)12)13-5-15(10(7)16)11(2,3)4/h5-6H,1-4H3,(H2,12,14). The summed E-state index contributed by atoms with van der Waals surface area (Å²) in [6.07, 6.45) is 1.54. The van der Waals surface area contributed by atoms with Crippen molar-refractivity contribution in [3.63, 3.8) is 0 Å². The first-order valence-electron chi connectivity index (χ1n) is 5.28. The molecule has 0 fully saturated rings. The van der Waals surface area contributed by atoms with E-state index in [1.807, 2.05) is 27.7 Å². The first-order valence-corrected chi connectivity index (χ1v) is 5.28. The summed E-state index contributed by atoms with van der Waals surface area (Å²) in [6.45, 7) is 7.77. The molecule has 1 aromatic rings. The van der Waals surface area contributed by atoms with Crippen molar-refractivity contribution in [1.29, 1.82) is 0 Å². The molecule has 0 spiro atoms. The van der Waals surface area contributed by atoms with Crippen LogP contribution in [0.5, 0.6) is 0 Å². The SMILES string of the molecule is CC1C(N)=Nc2ncn(C(C)(C)C)c(=O)c21. The Morgan fingerprint density at radius 3 is 2.62 bits per heavy atom. The van der Waals surface area contributed by atoms with Crippen molar-refractivity contribution < 1.29 is 0 Å². The Hall–Kier alpha value is -1.65. The Bertz CT molecular complexity index is 522. The lowest BCUT2D eigenvalue weighted by Gasteiger charge is -2.22. The van der Waals surface area contributed by atoms with Gasteiger partial charge in [0.15, 0.2) is 5.82 Å². The van der Waals surface area contributed by atoms with Gasteiger partial charge in [-0.05, 0) is 20.8 Å². The average Bonchev–Trinajstić information content (AvgIpc) is 2.41. The Kier molecular flexibility index (Phi) is 2.15. The van der Waals surface area contributed by atoms with Gasteiger partial charge in [0.25, 0.3) is 5.56 Å². The summed E-state index contributed by atoms with van der Waals surface area (Å²) in [5, 5.41) is 0. The van der Waals surface area contributed by atoms with E-state index in [-0.39, 0.29) is 17.0 Å². The predicted octanol–water partition coefficient (Wildman–Crippen LogP) is 1.10. The second-order valence-electron chi connectivity index (χ2n) is 5.09. The summed E-state index contributed by atoms with van der Waals surface area (Å²) in [6, 6.07) is 0. The lowest BCUT2D eigenvalue weighted by Crippen LogP contribution is -2.36. The second-order valence-corrected chi connectivity index (χ2v) is 5.09. The molecule has 0 aliphatic carbocycles. The fourth-order valence-corrected chi connectivity index (χ4v) is 1.77. The van der Waals surface area contributed by atoms with Gasteiger partial charge < -0.3 is 5.73 Å². The van der Waals surface area contributed by atoms with Gasteiger partial charge in [0.05, 0.1) is 5.56 Å². The van der Waals surface area contributed by atoms with Crippen LogP contribution in [0.2, 0.25) is 0 Å². The maximum atomic E-state index is 12.3. The molecule has 0 aromatic carbocycles. The van der Waals surface area contributed by atoms with E-state index in [0.717, 1.165) is 0 Å². The third kappa shape index (κ3) is 1.43. The number of aromatic nitrogens is 2. The Morgan fingerprint density at radius 1 is 1.44 bits per heavy atom. The van der Waals surface area contributed by atoms with Gasteiger partial charge in [-0.25, -0.2) is 9.98 Å². The number of hydrogen-bond acceptors (Lipinski definition) is 4. The minimum atomic E-state index is -0.282. The minimum absolute atomic E-state index is 0.0470. The molecule has 1 unspecified atom stereocenters. The number of amidine groups is 1. The van der Waals surface area contributed by atoms with Gasteiger partial charge >= 0.3 is 0 Å². The van der Waals surface area contributed by atoms with Crippen LogP contribution in [-0.4, -0.2) is 15.4 Å². The molecule has 1 aromatic heterocycles. The van der Waals surface area contributed by atoms with Crippen molar-refractivity contribution in [3.8, 4) is 0 Å². The zero-order chi connectivity index (χ0) is 12.1. The van der Waals surface area contributed by atoms with Crippen molar-refractivity contribution in [1.82, 2.24) is 9.55 Å². The van der Waals surface area contributed by atoms with Crippen molar-refractivity contribution in [2.24, 2.45) is 10.7 Å². The molecule has 16 heavy (non-hydrogen) atoms. The summed E-state index contributed by atoms with van der Waals surface area (Å²) < 4.78 is 1.62. The van der Waals surface area contributed by atoms with Gasteiger partial charge in [0.1, 0.15) is 12.2 Å². The normalized spacial score (nSPS) is 19.5. The Morgan fingerprint density at radius 2 is 2.06 bits per heavy atom. The highest BCUT2D eigenvalue weighted by Gasteiger charge is 2.28. The van der Waals surface area contributed by atoms with E-state index in [0.29, 0.717) is 17.2 Å². The van der Waals surface area contributed by atoms with Crippen molar-refractivity contribution in [2.45, 2.75) is 39.2 Å². The van der Waals surface area contributed by atoms with E-state index in [1.54, 1.807) is 4.57 Å². The molecule has 2 heterocycles. The van der Waals surface area contributed by atoms with Gasteiger partial charge in [-0.3, -0.25) is 9.36 Å². The maximum Gasteiger partial charge on any atom is 0.259 e. The van der Waals surface area contributed by atoms with E-state index >= 15 is 0 Å². The summed E-state index contributed by atoms with van der Waals surface area (Å²) in [4.78, 5) is 20.5. The Balaban J connectivity index is 2.67. The first-order chi connectivity index (χ1) is 7.32. The van der Waals surface area contributed by atoms with E-state index < -0.39 is 0 Å². The van der Waals surface area contributed by atoms with Crippen molar-refractivity contribution >= 4 is 11.7 Å². The molecule has 5 nitrogen and oxygen atoms in total. The fourth-order valence-electron chi connectivity index (χ4n) is 1.77. The lowest BCUT2D eigenvalue weighted by atomic mass is 10.0. The number of rotatable bonds is 0. The molecule has 0 saturated heterocycles. The van der Waals surface area contributed by atoms with E-state index in [2.05, 4.69) is 9.98 Å². The molecular formula is C11H16N4O. The highest BCUT2D eigenvalue weighted by atomic mass is 16.1. The highest BCUT2D eigenvalue weighted by molar-refractivity contribution is 5.93. The highest BCUT2D eigenvalue weighted by Crippen LogP contribution is 2.29. The van der Waals surface area contributed by atoms with Crippen LogP contribution in [0.4, 0.5) is 5.82 Å². The largest absolute Gasteiger partial charge is 0.387 e. The summed E-state index contributed by atoms with van der Waals surface area (Å²) in [5.74, 6) is 0.798. The molecule has 2 N–H and O–H groups in total.